The summed E-state index contributed by atoms with van der Waals surface area (Å²) in [6.07, 6.45) is 1.84. The Morgan fingerprint density at radius 3 is 2.39 bits per heavy atom. The van der Waals surface area contributed by atoms with Gasteiger partial charge >= 0.3 is 0 Å². The average molecular weight is 376 g/mol. The fourth-order valence-electron chi connectivity index (χ4n) is 3.15. The summed E-state index contributed by atoms with van der Waals surface area (Å²) in [7, 11) is 2.08. The highest BCUT2D eigenvalue weighted by atomic mass is 16.5. The van der Waals surface area contributed by atoms with Crippen molar-refractivity contribution in [2.24, 2.45) is 0 Å². The van der Waals surface area contributed by atoms with Gasteiger partial charge in [-0.05, 0) is 61.0 Å². The number of aromatic amines is 1. The Morgan fingerprint density at radius 1 is 1.00 bits per heavy atom. The molecule has 0 amide bonds. The van der Waals surface area contributed by atoms with E-state index in [0.29, 0.717) is 6.61 Å². The van der Waals surface area contributed by atoms with E-state index >= 15 is 0 Å². The fraction of sp³-hybridized carbons (Fsp3) is 0.208. The van der Waals surface area contributed by atoms with E-state index in [2.05, 4.69) is 52.2 Å². The van der Waals surface area contributed by atoms with Gasteiger partial charge in [-0.3, -0.25) is 0 Å². The first-order valence-electron chi connectivity index (χ1n) is 9.76. The molecule has 146 valence electrons. The van der Waals surface area contributed by atoms with Gasteiger partial charge in [-0.15, -0.1) is 0 Å². The van der Waals surface area contributed by atoms with Crippen molar-refractivity contribution in [2.75, 3.05) is 18.6 Å². The van der Waals surface area contributed by atoms with Gasteiger partial charge in [0, 0.05) is 31.4 Å². The Morgan fingerprint density at radius 2 is 1.71 bits per heavy atom. The molecule has 0 atom stereocenters. The van der Waals surface area contributed by atoms with Crippen molar-refractivity contribution in [3.05, 3.63) is 72.9 Å². The van der Waals surface area contributed by atoms with E-state index in [4.69, 9.17) is 4.74 Å². The van der Waals surface area contributed by atoms with Crippen molar-refractivity contribution in [2.45, 2.75) is 20.8 Å². The van der Waals surface area contributed by atoms with Crippen molar-refractivity contribution in [1.29, 1.82) is 0 Å². The van der Waals surface area contributed by atoms with E-state index in [1.807, 2.05) is 63.4 Å². The first kappa shape index (κ1) is 19.5. The number of hydrogen-bond acceptors (Lipinski definition) is 3. The molecular weight excluding hydrogens is 346 g/mol. The van der Waals surface area contributed by atoms with Crippen molar-refractivity contribution < 1.29 is 6.16 Å². The third kappa shape index (κ3) is 4.01. The molecule has 0 fully saturated rings. The molecule has 0 radical (unpaired) electrons. The third-order valence-electron chi connectivity index (χ3n) is 4.49. The molecule has 2 aromatic carbocycles. The molecule has 1 N–H and O–H groups in total. The molecule has 0 spiro atoms. The van der Waals surface area contributed by atoms with Crippen molar-refractivity contribution in [3.63, 3.8) is 0 Å². The van der Waals surface area contributed by atoms with Crippen LogP contribution in [-0.4, -0.2) is 23.6 Å². The predicted molar refractivity (Wildman–Crippen MR) is 121 cm³/mol. The van der Waals surface area contributed by atoms with Gasteiger partial charge in [0.15, 0.2) is 0 Å². The average Bonchev–Trinajstić information content (AvgIpc) is 3.20. The number of hydrogen-bond donors (Lipinski definition) is 1. The Labute approximate surface area is 168 Å². The molecule has 0 aliphatic rings. The quantitative estimate of drug-likeness (QED) is 0.423. The second-order valence-corrected chi connectivity index (χ2v) is 6.13. The minimum atomic E-state index is 0. The van der Waals surface area contributed by atoms with E-state index in [1.165, 1.54) is 0 Å². The number of nitrogens with zero attached hydrogens (tertiary/aromatic N) is 2. The lowest BCUT2D eigenvalue weighted by atomic mass is 10.1. The van der Waals surface area contributed by atoms with E-state index in [1.54, 1.807) is 0 Å². The van der Waals surface area contributed by atoms with Crippen molar-refractivity contribution in [3.8, 4) is 17.0 Å². The summed E-state index contributed by atoms with van der Waals surface area (Å²) in [6.45, 7) is 6.66. The van der Waals surface area contributed by atoms with Gasteiger partial charge in [0.05, 0.1) is 12.3 Å². The number of aromatic nitrogens is 2. The molecule has 2 heterocycles. The van der Waals surface area contributed by atoms with Crippen LogP contribution in [0.5, 0.6) is 5.75 Å². The Kier molecular flexibility index (Phi) is 6.33. The maximum Gasteiger partial charge on any atom is 0.139 e. The molecular formula is C24H29N3O. The molecule has 2 aromatic heterocycles. The number of para-hydroxylation sites is 1. The molecule has 0 aliphatic carbocycles. The van der Waals surface area contributed by atoms with Crippen LogP contribution in [0.3, 0.4) is 0 Å². The van der Waals surface area contributed by atoms with Crippen LogP contribution in [0, 0.1) is 0 Å². The maximum absolute atomic E-state index is 5.53. The number of ether oxygens (including phenoxy) is 1. The molecule has 0 saturated carbocycles. The maximum atomic E-state index is 5.53. The van der Waals surface area contributed by atoms with Gasteiger partial charge in [0.2, 0.25) is 0 Å². The van der Waals surface area contributed by atoms with E-state index in [9.17, 15) is 0 Å². The lowest BCUT2D eigenvalue weighted by Crippen LogP contribution is -2.09. The van der Waals surface area contributed by atoms with Crippen LogP contribution in [0.4, 0.5) is 11.4 Å². The van der Waals surface area contributed by atoms with Gasteiger partial charge in [0.1, 0.15) is 11.4 Å². The molecule has 4 rings (SSSR count). The standard InChI is InChI=1S/C22H21N3O.C2H6.H2/c1-3-26-18-11-9-16(10-12-18)20-15-19-21(13-14-23-22(19)24-20)25(2)17-7-5-4-6-8-17;1-2;/h4-15H,3H2,1-2H3,(H,23,24);1-2H3;1H. The summed E-state index contributed by atoms with van der Waals surface area (Å²) in [5.41, 5.74) is 5.30. The number of rotatable bonds is 5. The highest BCUT2D eigenvalue weighted by Gasteiger charge is 2.12. The zero-order valence-electron chi connectivity index (χ0n) is 16.9. The van der Waals surface area contributed by atoms with Gasteiger partial charge in [-0.1, -0.05) is 32.0 Å². The van der Waals surface area contributed by atoms with Crippen LogP contribution in [-0.2, 0) is 0 Å². The highest BCUT2D eigenvalue weighted by molar-refractivity contribution is 5.95. The lowest BCUT2D eigenvalue weighted by molar-refractivity contribution is 0.340. The Hall–Kier alpha value is -3.27. The van der Waals surface area contributed by atoms with Crippen LogP contribution in [0.1, 0.15) is 22.2 Å². The molecule has 0 aliphatic heterocycles. The van der Waals surface area contributed by atoms with Gasteiger partial charge < -0.3 is 14.6 Å². The van der Waals surface area contributed by atoms with Gasteiger partial charge in [-0.2, -0.15) is 0 Å². The number of fused-ring (bicyclic) bond motifs is 1. The monoisotopic (exact) mass is 375 g/mol. The topological polar surface area (TPSA) is 41.1 Å². The SMILES string of the molecule is CC.CCOc1ccc(-c2cc3c(N(C)c4ccccc4)ccnc3[nH]2)cc1.[HH]. The summed E-state index contributed by atoms with van der Waals surface area (Å²) in [4.78, 5) is 10.1. The summed E-state index contributed by atoms with van der Waals surface area (Å²) in [5, 5.41) is 1.10. The highest BCUT2D eigenvalue weighted by Crippen LogP contribution is 2.33. The number of pyridine rings is 1. The smallest absolute Gasteiger partial charge is 0.139 e. The second kappa shape index (κ2) is 9.09. The number of anilines is 2. The fourth-order valence-corrected chi connectivity index (χ4v) is 3.15. The molecule has 28 heavy (non-hydrogen) atoms. The zero-order chi connectivity index (χ0) is 19.9. The lowest BCUT2D eigenvalue weighted by Gasteiger charge is -2.20. The largest absolute Gasteiger partial charge is 0.494 e. The van der Waals surface area contributed by atoms with Crippen LogP contribution < -0.4 is 9.64 Å². The minimum absolute atomic E-state index is 0. The molecule has 0 saturated heterocycles. The first-order valence-corrected chi connectivity index (χ1v) is 9.76. The number of benzene rings is 2. The third-order valence-corrected chi connectivity index (χ3v) is 4.49. The molecule has 4 aromatic rings. The summed E-state index contributed by atoms with van der Waals surface area (Å²) in [5.74, 6) is 0.884. The number of nitrogens with one attached hydrogen (secondary N) is 1. The number of H-pyrrole nitrogens is 1. The summed E-state index contributed by atoms with van der Waals surface area (Å²) in [6, 6.07) is 22.7. The van der Waals surface area contributed by atoms with Gasteiger partial charge in [-0.25, -0.2) is 4.98 Å². The second-order valence-electron chi connectivity index (χ2n) is 6.13. The van der Waals surface area contributed by atoms with Crippen LogP contribution in [0.2, 0.25) is 0 Å². The molecule has 0 bridgehead atoms. The Balaban J connectivity index is 0.000000970. The minimum Gasteiger partial charge on any atom is -0.494 e. The Bertz CT molecular complexity index is 1010. The first-order chi connectivity index (χ1) is 13.8. The van der Waals surface area contributed by atoms with Gasteiger partial charge in [0.25, 0.3) is 0 Å². The van der Waals surface area contributed by atoms with Crippen molar-refractivity contribution >= 4 is 22.4 Å². The normalized spacial score (nSPS) is 10.3. The van der Waals surface area contributed by atoms with E-state index in [0.717, 1.165) is 39.4 Å². The zero-order valence-corrected chi connectivity index (χ0v) is 16.9. The molecule has 4 heteroatoms. The predicted octanol–water partition coefficient (Wildman–Crippen LogP) is 6.67. The van der Waals surface area contributed by atoms with Crippen molar-refractivity contribution in [1.82, 2.24) is 9.97 Å². The van der Waals surface area contributed by atoms with E-state index in [-0.39, 0.29) is 1.43 Å². The molecule has 4 nitrogen and oxygen atoms in total. The van der Waals surface area contributed by atoms with Crippen LogP contribution >= 0.6 is 0 Å². The molecule has 0 unspecified atom stereocenters. The summed E-state index contributed by atoms with van der Waals surface area (Å²) >= 11 is 0. The summed E-state index contributed by atoms with van der Waals surface area (Å²) < 4.78 is 5.53. The van der Waals surface area contributed by atoms with Crippen LogP contribution in [0.25, 0.3) is 22.3 Å². The van der Waals surface area contributed by atoms with Crippen LogP contribution in [0.15, 0.2) is 72.9 Å². The van der Waals surface area contributed by atoms with E-state index < -0.39 is 0 Å².